The number of fused-ring (bicyclic) bond motifs is 6. The van der Waals surface area contributed by atoms with Crippen molar-refractivity contribution in [2.45, 2.75) is 0 Å². The summed E-state index contributed by atoms with van der Waals surface area (Å²) in [6.45, 7) is 0. The Labute approximate surface area is 296 Å². The molecule has 3 heterocycles. The molecule has 0 fully saturated rings. The molecule has 50 heavy (non-hydrogen) atoms. The van der Waals surface area contributed by atoms with Crippen LogP contribution < -0.4 is 0 Å². The monoisotopic (exact) mass is 673 g/mol. The van der Waals surface area contributed by atoms with Gasteiger partial charge in [0.15, 0.2) is 17.5 Å². The molecule has 234 valence electrons. The van der Waals surface area contributed by atoms with E-state index in [-0.39, 0.29) is 0 Å². The maximum atomic E-state index is 5.21. The number of thiophene rings is 2. The van der Waals surface area contributed by atoms with Crippen LogP contribution in [-0.4, -0.2) is 15.0 Å². The molecule has 7 aromatic carbocycles. The third-order valence-corrected chi connectivity index (χ3v) is 11.6. The summed E-state index contributed by atoms with van der Waals surface area (Å²) >= 11 is 3.68. The zero-order valence-electron chi connectivity index (χ0n) is 26.7. The first-order valence-electron chi connectivity index (χ1n) is 16.6. The molecule has 3 nitrogen and oxygen atoms in total. The van der Waals surface area contributed by atoms with Crippen molar-refractivity contribution in [3.05, 3.63) is 164 Å². The van der Waals surface area contributed by atoms with Gasteiger partial charge in [-0.15, -0.1) is 22.7 Å². The van der Waals surface area contributed by atoms with Gasteiger partial charge >= 0.3 is 0 Å². The topological polar surface area (TPSA) is 38.7 Å². The average Bonchev–Trinajstić information content (AvgIpc) is 3.76. The molecule has 10 rings (SSSR count). The van der Waals surface area contributed by atoms with Gasteiger partial charge in [0.1, 0.15) is 0 Å². The summed E-state index contributed by atoms with van der Waals surface area (Å²) in [6.07, 6.45) is 0. The van der Waals surface area contributed by atoms with Crippen molar-refractivity contribution in [3.8, 4) is 56.4 Å². The van der Waals surface area contributed by atoms with Gasteiger partial charge in [0.05, 0.1) is 0 Å². The number of nitrogens with zero attached hydrogens (tertiary/aromatic N) is 3. The number of benzene rings is 7. The van der Waals surface area contributed by atoms with E-state index in [4.69, 9.17) is 15.0 Å². The van der Waals surface area contributed by atoms with Crippen LogP contribution in [0.3, 0.4) is 0 Å². The maximum Gasteiger partial charge on any atom is 0.164 e. The van der Waals surface area contributed by atoms with Gasteiger partial charge < -0.3 is 0 Å². The number of rotatable bonds is 5. The molecule has 0 saturated heterocycles. The Balaban J connectivity index is 1.26. The zero-order chi connectivity index (χ0) is 33.0. The van der Waals surface area contributed by atoms with E-state index in [1.807, 2.05) is 59.1 Å². The van der Waals surface area contributed by atoms with Crippen LogP contribution in [0.4, 0.5) is 0 Å². The van der Waals surface area contributed by atoms with Gasteiger partial charge in [0, 0.05) is 57.0 Å². The minimum absolute atomic E-state index is 0.646. The average molecular weight is 674 g/mol. The molecule has 0 spiro atoms. The fraction of sp³-hybridized carbons (Fsp3) is 0. The Kier molecular flexibility index (Phi) is 6.86. The molecule has 0 amide bonds. The molecular weight excluding hydrogens is 647 g/mol. The molecular formula is C45H27N3S2. The van der Waals surface area contributed by atoms with E-state index in [0.29, 0.717) is 17.5 Å². The van der Waals surface area contributed by atoms with Crippen LogP contribution in [0, 0.1) is 0 Å². The lowest BCUT2D eigenvalue weighted by atomic mass is 9.92. The summed E-state index contributed by atoms with van der Waals surface area (Å²) in [5.41, 5.74) is 7.41. The van der Waals surface area contributed by atoms with E-state index in [1.165, 1.54) is 45.9 Å². The van der Waals surface area contributed by atoms with Crippen LogP contribution in [0.5, 0.6) is 0 Å². The largest absolute Gasteiger partial charge is 0.208 e. The molecule has 0 unspecified atom stereocenters. The maximum absolute atomic E-state index is 5.21. The quantitative estimate of drug-likeness (QED) is 0.182. The van der Waals surface area contributed by atoms with E-state index in [9.17, 15) is 0 Å². The SMILES string of the molecule is c1ccc(-c2nc(-c3ccccc3)nc(-c3cc(-c4cccc5sc6ccccc6c45)ccc3-c3ccc4sc5ccccc5c4c3)n2)cc1. The molecule has 10 aromatic rings. The van der Waals surface area contributed by atoms with Gasteiger partial charge in [0.2, 0.25) is 0 Å². The van der Waals surface area contributed by atoms with Crippen LogP contribution in [-0.2, 0) is 0 Å². The number of hydrogen-bond donors (Lipinski definition) is 0. The fourth-order valence-electron chi connectivity index (χ4n) is 6.99. The second-order valence-electron chi connectivity index (χ2n) is 12.4. The Morgan fingerprint density at radius 3 is 1.58 bits per heavy atom. The predicted octanol–water partition coefficient (Wildman–Crippen LogP) is 12.9. The smallest absolute Gasteiger partial charge is 0.164 e. The second-order valence-corrected chi connectivity index (χ2v) is 14.6. The van der Waals surface area contributed by atoms with Crippen molar-refractivity contribution in [2.75, 3.05) is 0 Å². The van der Waals surface area contributed by atoms with Crippen LogP contribution in [0.2, 0.25) is 0 Å². The fourth-order valence-corrected chi connectivity index (χ4v) is 9.20. The third kappa shape index (κ3) is 4.90. The van der Waals surface area contributed by atoms with Crippen molar-refractivity contribution in [1.29, 1.82) is 0 Å². The van der Waals surface area contributed by atoms with Gasteiger partial charge in [-0.2, -0.15) is 0 Å². The van der Waals surface area contributed by atoms with Gasteiger partial charge in [-0.3, -0.25) is 0 Å². The molecule has 0 atom stereocenters. The first-order chi connectivity index (χ1) is 24.8. The van der Waals surface area contributed by atoms with Crippen molar-refractivity contribution < 1.29 is 0 Å². The first kappa shape index (κ1) is 29.0. The predicted molar refractivity (Wildman–Crippen MR) is 213 cm³/mol. The summed E-state index contributed by atoms with van der Waals surface area (Å²) in [5.74, 6) is 1.94. The number of aromatic nitrogens is 3. The lowest BCUT2D eigenvalue weighted by molar-refractivity contribution is 1.07. The van der Waals surface area contributed by atoms with Crippen LogP contribution in [0.25, 0.3) is 96.8 Å². The lowest BCUT2D eigenvalue weighted by Gasteiger charge is -2.15. The molecule has 0 radical (unpaired) electrons. The summed E-state index contributed by atoms with van der Waals surface area (Å²) in [4.78, 5) is 15.4. The molecule has 3 aromatic heterocycles. The Bertz CT molecular complexity index is 2810. The van der Waals surface area contributed by atoms with Crippen LogP contribution in [0.15, 0.2) is 164 Å². The minimum Gasteiger partial charge on any atom is -0.208 e. The van der Waals surface area contributed by atoms with E-state index in [0.717, 1.165) is 33.4 Å². The minimum atomic E-state index is 0.646. The Hall–Kier alpha value is -6.01. The van der Waals surface area contributed by atoms with Crippen molar-refractivity contribution >= 4 is 63.0 Å². The van der Waals surface area contributed by atoms with Crippen LogP contribution >= 0.6 is 22.7 Å². The first-order valence-corrected chi connectivity index (χ1v) is 18.2. The molecule has 0 N–H and O–H groups in total. The Morgan fingerprint density at radius 2 is 0.840 bits per heavy atom. The lowest BCUT2D eigenvalue weighted by Crippen LogP contribution is -2.01. The summed E-state index contributed by atoms with van der Waals surface area (Å²) in [7, 11) is 0. The molecule has 5 heteroatoms. The van der Waals surface area contributed by atoms with E-state index in [1.54, 1.807) is 0 Å². The number of hydrogen-bond acceptors (Lipinski definition) is 5. The van der Waals surface area contributed by atoms with E-state index >= 15 is 0 Å². The highest BCUT2D eigenvalue weighted by Gasteiger charge is 2.19. The van der Waals surface area contributed by atoms with E-state index < -0.39 is 0 Å². The molecule has 0 saturated carbocycles. The second kappa shape index (κ2) is 11.8. The van der Waals surface area contributed by atoms with Gasteiger partial charge in [0.25, 0.3) is 0 Å². The van der Waals surface area contributed by atoms with E-state index in [2.05, 4.69) is 127 Å². The standard InChI is InChI=1S/C45H27N3S2/c1-3-12-28(13-4-1)43-46-44(29-14-5-2-6-15-29)48-45(47-43)37-27-31(33-18-11-21-41-42(33)35-17-8-10-20-39(35)50-41)22-24-32(37)30-23-25-40-36(26-30)34-16-7-9-19-38(34)49-40/h1-27H. The van der Waals surface area contributed by atoms with Gasteiger partial charge in [-0.05, 0) is 58.7 Å². The highest BCUT2D eigenvalue weighted by Crippen LogP contribution is 2.43. The summed E-state index contributed by atoms with van der Waals surface area (Å²) in [5, 5.41) is 5.10. The van der Waals surface area contributed by atoms with Gasteiger partial charge in [-0.1, -0.05) is 127 Å². The molecule has 0 aliphatic carbocycles. The van der Waals surface area contributed by atoms with Crippen LogP contribution in [0.1, 0.15) is 0 Å². The van der Waals surface area contributed by atoms with Crippen molar-refractivity contribution in [2.24, 2.45) is 0 Å². The van der Waals surface area contributed by atoms with Crippen molar-refractivity contribution in [3.63, 3.8) is 0 Å². The highest BCUT2D eigenvalue weighted by atomic mass is 32.1. The summed E-state index contributed by atoms with van der Waals surface area (Å²) < 4.78 is 5.15. The van der Waals surface area contributed by atoms with Crippen molar-refractivity contribution in [1.82, 2.24) is 15.0 Å². The van der Waals surface area contributed by atoms with Gasteiger partial charge in [-0.25, -0.2) is 15.0 Å². The normalized spacial score (nSPS) is 11.6. The molecule has 0 aliphatic rings. The summed E-state index contributed by atoms with van der Waals surface area (Å²) in [6, 6.07) is 58.0. The zero-order valence-corrected chi connectivity index (χ0v) is 28.4. The Morgan fingerprint density at radius 1 is 0.300 bits per heavy atom. The molecule has 0 bridgehead atoms. The third-order valence-electron chi connectivity index (χ3n) is 9.36. The highest BCUT2D eigenvalue weighted by molar-refractivity contribution is 7.26. The molecule has 0 aliphatic heterocycles.